The summed E-state index contributed by atoms with van der Waals surface area (Å²) in [6.07, 6.45) is 1.80. The lowest BCUT2D eigenvalue weighted by atomic mass is 10.2. The molecule has 0 atom stereocenters. The van der Waals surface area contributed by atoms with E-state index in [1.807, 2.05) is 6.07 Å². The van der Waals surface area contributed by atoms with Gasteiger partial charge in [0.25, 0.3) is 28.3 Å². The molecule has 0 saturated carbocycles. The molecule has 1 aromatic carbocycles. The van der Waals surface area contributed by atoms with Gasteiger partial charge in [-0.2, -0.15) is 0 Å². The Bertz CT molecular complexity index is 683. The molecule has 0 N–H and O–H groups in total. The number of nitro benzene ring substituents is 1. The van der Waals surface area contributed by atoms with Crippen molar-refractivity contribution in [2.24, 2.45) is 0 Å². The molecule has 0 aliphatic rings. The van der Waals surface area contributed by atoms with E-state index in [2.05, 4.69) is 67.7 Å². The van der Waals surface area contributed by atoms with Gasteiger partial charge in [-0.05, 0) is 41.8 Å². The first-order chi connectivity index (χ1) is 12.0. The summed E-state index contributed by atoms with van der Waals surface area (Å²) in [6, 6.07) is 6.54. The van der Waals surface area contributed by atoms with Gasteiger partial charge in [-0.15, -0.1) is 0 Å². The maximum atomic E-state index is 11.1. The molecule has 1 aromatic rings. The van der Waals surface area contributed by atoms with E-state index in [-0.39, 0.29) is 20.7 Å². The van der Waals surface area contributed by atoms with Crippen molar-refractivity contribution in [3.05, 3.63) is 45.9 Å². The third-order valence-electron chi connectivity index (χ3n) is 5.69. The highest BCUT2D eigenvalue weighted by atomic mass is 28.4. The van der Waals surface area contributed by atoms with E-state index in [9.17, 15) is 10.1 Å². The lowest BCUT2D eigenvalue weighted by Gasteiger charge is -2.41. The maximum Gasteiger partial charge on any atom is 0.270 e. The fourth-order valence-electron chi connectivity index (χ4n) is 1.75. The van der Waals surface area contributed by atoms with Crippen LogP contribution >= 0.6 is 0 Å². The Kier molecular flexibility index (Phi) is 6.76. The SMILES string of the molecule is CC(C)(C)[Si](C)(C)OC(=Cc1cccc([N+](=O)[O-])c1)O[Si](C)(C)C(C)(C)C. The summed E-state index contributed by atoms with van der Waals surface area (Å²) in [5.74, 6) is 0.480. The molecule has 0 spiro atoms. The van der Waals surface area contributed by atoms with Crippen molar-refractivity contribution < 1.29 is 13.8 Å². The third kappa shape index (κ3) is 6.21. The zero-order valence-corrected chi connectivity index (χ0v) is 20.5. The second-order valence-electron chi connectivity index (χ2n) is 10.0. The van der Waals surface area contributed by atoms with Crippen LogP contribution in [0.25, 0.3) is 6.08 Å². The fraction of sp³-hybridized carbons (Fsp3) is 0.600. The average Bonchev–Trinajstić information content (AvgIpc) is 2.43. The predicted octanol–water partition coefficient (Wildman–Crippen LogP) is 6.94. The van der Waals surface area contributed by atoms with Crippen molar-refractivity contribution in [1.82, 2.24) is 0 Å². The Balaban J connectivity index is 3.37. The highest BCUT2D eigenvalue weighted by Crippen LogP contribution is 2.42. The predicted molar refractivity (Wildman–Crippen MR) is 118 cm³/mol. The molecule has 0 bridgehead atoms. The summed E-state index contributed by atoms with van der Waals surface area (Å²) in [5.41, 5.74) is 0.763. The van der Waals surface area contributed by atoms with Gasteiger partial charge in [0.2, 0.25) is 0 Å². The molecule has 0 saturated heterocycles. The minimum absolute atomic E-state index is 0.0194. The molecule has 1 rings (SSSR count). The van der Waals surface area contributed by atoms with Gasteiger partial charge >= 0.3 is 0 Å². The second kappa shape index (κ2) is 7.79. The van der Waals surface area contributed by atoms with Gasteiger partial charge in [-0.1, -0.05) is 53.7 Å². The van der Waals surface area contributed by atoms with Gasteiger partial charge in [0, 0.05) is 18.2 Å². The summed E-state index contributed by atoms with van der Waals surface area (Å²) in [6.45, 7) is 21.7. The first-order valence-corrected chi connectivity index (χ1v) is 15.1. The van der Waals surface area contributed by atoms with Crippen LogP contribution in [0.5, 0.6) is 0 Å². The Morgan fingerprint density at radius 2 is 1.41 bits per heavy atom. The van der Waals surface area contributed by atoms with Crippen LogP contribution in [0, 0.1) is 10.1 Å². The van der Waals surface area contributed by atoms with E-state index in [1.54, 1.807) is 18.2 Å². The number of non-ortho nitro benzene ring substituents is 1. The van der Waals surface area contributed by atoms with E-state index >= 15 is 0 Å². The highest BCUT2D eigenvalue weighted by Gasteiger charge is 2.43. The standard InChI is InChI=1S/C20H35NO4Si2/c1-19(2,3)26(7,8)24-18(25-27(9,10)20(4,5)6)15-16-12-11-13-17(14-16)21(22)23/h11-15H,1-10H3. The Hall–Kier alpha value is -1.61. The highest BCUT2D eigenvalue weighted by molar-refractivity contribution is 6.75. The molecule has 0 aliphatic carbocycles. The summed E-state index contributed by atoms with van der Waals surface area (Å²) in [5, 5.41) is 11.1. The second-order valence-corrected chi connectivity index (χ2v) is 19.5. The van der Waals surface area contributed by atoms with E-state index < -0.39 is 16.6 Å². The summed E-state index contributed by atoms with van der Waals surface area (Å²) in [4.78, 5) is 10.7. The largest absolute Gasteiger partial charge is 0.520 e. The zero-order chi connectivity index (χ0) is 21.3. The molecule has 0 radical (unpaired) electrons. The van der Waals surface area contributed by atoms with E-state index in [0.717, 1.165) is 0 Å². The number of nitro groups is 1. The van der Waals surface area contributed by atoms with Crippen LogP contribution in [-0.4, -0.2) is 21.6 Å². The molecular formula is C20H35NO4Si2. The molecule has 0 amide bonds. The van der Waals surface area contributed by atoms with Crippen molar-refractivity contribution in [3.8, 4) is 0 Å². The van der Waals surface area contributed by atoms with E-state index in [0.29, 0.717) is 11.5 Å². The normalized spacial score (nSPS) is 13.1. The summed E-state index contributed by atoms with van der Waals surface area (Å²) in [7, 11) is -4.24. The number of rotatable bonds is 6. The zero-order valence-electron chi connectivity index (χ0n) is 18.5. The van der Waals surface area contributed by atoms with Crippen molar-refractivity contribution in [3.63, 3.8) is 0 Å². The number of hydrogen-bond acceptors (Lipinski definition) is 4. The third-order valence-corrected chi connectivity index (χ3v) is 14.3. The molecule has 152 valence electrons. The molecule has 27 heavy (non-hydrogen) atoms. The van der Waals surface area contributed by atoms with Crippen molar-refractivity contribution in [2.75, 3.05) is 0 Å². The molecule has 0 aliphatic heterocycles. The smallest absolute Gasteiger partial charge is 0.270 e. The van der Waals surface area contributed by atoms with E-state index in [1.165, 1.54) is 6.07 Å². The number of hydrogen-bond donors (Lipinski definition) is 0. The molecular weight excluding hydrogens is 374 g/mol. The average molecular weight is 410 g/mol. The van der Waals surface area contributed by atoms with Crippen molar-refractivity contribution in [1.29, 1.82) is 0 Å². The monoisotopic (exact) mass is 409 g/mol. The molecule has 5 nitrogen and oxygen atoms in total. The molecule has 7 heteroatoms. The molecule has 0 aromatic heterocycles. The Morgan fingerprint density at radius 3 is 1.78 bits per heavy atom. The summed E-state index contributed by atoms with van der Waals surface area (Å²) < 4.78 is 13.0. The van der Waals surface area contributed by atoms with Crippen LogP contribution in [0.1, 0.15) is 47.1 Å². The first kappa shape index (κ1) is 23.4. The van der Waals surface area contributed by atoms with Crippen LogP contribution in [0.2, 0.25) is 36.3 Å². The molecule has 0 fully saturated rings. The van der Waals surface area contributed by atoms with Crippen molar-refractivity contribution >= 4 is 28.4 Å². The van der Waals surface area contributed by atoms with E-state index in [4.69, 9.17) is 8.85 Å². The molecule has 0 heterocycles. The van der Waals surface area contributed by atoms with Crippen LogP contribution in [-0.2, 0) is 8.85 Å². The van der Waals surface area contributed by atoms with Crippen LogP contribution in [0.4, 0.5) is 5.69 Å². The van der Waals surface area contributed by atoms with Crippen LogP contribution in [0.3, 0.4) is 0 Å². The van der Waals surface area contributed by atoms with Gasteiger partial charge in [0.1, 0.15) is 0 Å². The van der Waals surface area contributed by atoms with Gasteiger partial charge in [0.15, 0.2) is 0 Å². The fourth-order valence-corrected chi connectivity index (χ4v) is 3.66. The molecule has 0 unspecified atom stereocenters. The Labute approximate surface area is 166 Å². The quantitative estimate of drug-likeness (QED) is 0.221. The minimum atomic E-state index is -2.12. The van der Waals surface area contributed by atoms with Crippen LogP contribution in [0.15, 0.2) is 30.2 Å². The maximum absolute atomic E-state index is 11.1. The number of benzene rings is 1. The topological polar surface area (TPSA) is 61.6 Å². The van der Waals surface area contributed by atoms with Gasteiger partial charge in [-0.25, -0.2) is 0 Å². The lowest BCUT2D eigenvalue weighted by molar-refractivity contribution is -0.384. The minimum Gasteiger partial charge on any atom is -0.520 e. The van der Waals surface area contributed by atoms with Gasteiger partial charge in [0.05, 0.1) is 4.92 Å². The Morgan fingerprint density at radius 1 is 0.963 bits per heavy atom. The summed E-state index contributed by atoms with van der Waals surface area (Å²) >= 11 is 0. The van der Waals surface area contributed by atoms with Crippen molar-refractivity contribution in [2.45, 2.75) is 77.8 Å². The first-order valence-electron chi connectivity index (χ1n) is 9.30. The number of nitrogens with zero attached hydrogens (tertiary/aromatic N) is 1. The van der Waals surface area contributed by atoms with Gasteiger partial charge < -0.3 is 8.85 Å². The van der Waals surface area contributed by atoms with Crippen LogP contribution < -0.4 is 0 Å². The van der Waals surface area contributed by atoms with Gasteiger partial charge in [-0.3, -0.25) is 10.1 Å². The lowest BCUT2D eigenvalue weighted by Crippen LogP contribution is -2.45.